The zero-order valence-electron chi connectivity index (χ0n) is 22.8. The van der Waals surface area contributed by atoms with E-state index in [1.807, 2.05) is 53.7 Å². The van der Waals surface area contributed by atoms with Gasteiger partial charge in [-0.25, -0.2) is 14.3 Å². The summed E-state index contributed by atoms with van der Waals surface area (Å²) in [5.41, 5.74) is 2.91. The number of carbonyl (C=O) groups excluding carboxylic acids is 2. The summed E-state index contributed by atoms with van der Waals surface area (Å²) in [6.45, 7) is 13.0. The third-order valence-electron chi connectivity index (χ3n) is 6.55. The van der Waals surface area contributed by atoms with Crippen molar-refractivity contribution in [1.29, 1.82) is 0 Å². The van der Waals surface area contributed by atoms with Gasteiger partial charge in [0.2, 0.25) is 0 Å². The number of nitrogens with zero attached hydrogens (tertiary/aromatic N) is 3. The van der Waals surface area contributed by atoms with Gasteiger partial charge in [0.15, 0.2) is 0 Å². The summed E-state index contributed by atoms with van der Waals surface area (Å²) in [6.07, 6.45) is 1.26. The van der Waals surface area contributed by atoms with Gasteiger partial charge >= 0.3 is 12.1 Å². The zero-order valence-corrected chi connectivity index (χ0v) is 22.8. The van der Waals surface area contributed by atoms with Gasteiger partial charge in [0.05, 0.1) is 35.4 Å². The fourth-order valence-electron chi connectivity index (χ4n) is 4.78. The lowest BCUT2D eigenvalue weighted by atomic mass is 9.89. The second-order valence-electron chi connectivity index (χ2n) is 10.8. The maximum Gasteiger partial charge on any atom is 0.420 e. The van der Waals surface area contributed by atoms with Gasteiger partial charge < -0.3 is 19.1 Å². The lowest BCUT2D eigenvalue weighted by molar-refractivity contribution is -0.152. The minimum atomic E-state index is -1.18. The van der Waals surface area contributed by atoms with Gasteiger partial charge in [-0.2, -0.15) is 0 Å². The van der Waals surface area contributed by atoms with Crippen molar-refractivity contribution < 1.29 is 28.7 Å². The average molecular weight is 512 g/mol. The lowest BCUT2D eigenvalue weighted by Crippen LogP contribution is -2.28. The molecule has 0 bridgehead atoms. The van der Waals surface area contributed by atoms with Crippen LogP contribution in [0.2, 0.25) is 0 Å². The minimum Gasteiger partial charge on any atom is -0.466 e. The second kappa shape index (κ2) is 10.3. The first-order chi connectivity index (χ1) is 17.5. The molecule has 2 heterocycles. The maximum atomic E-state index is 13.5. The van der Waals surface area contributed by atoms with Crippen LogP contribution in [0.1, 0.15) is 95.2 Å². The van der Waals surface area contributed by atoms with E-state index in [0.717, 1.165) is 18.4 Å². The van der Waals surface area contributed by atoms with E-state index in [9.17, 15) is 14.7 Å². The third-order valence-corrected chi connectivity index (χ3v) is 6.55. The molecule has 9 heteroatoms. The quantitative estimate of drug-likeness (QED) is 0.367. The average Bonchev–Trinajstić information content (AvgIpc) is 3.51. The minimum absolute atomic E-state index is 0.129. The van der Waals surface area contributed by atoms with Gasteiger partial charge in [-0.1, -0.05) is 18.5 Å². The number of hydrogen-bond donors (Lipinski definition) is 1. The Labute approximate surface area is 217 Å². The van der Waals surface area contributed by atoms with Gasteiger partial charge in [-0.15, -0.1) is 0 Å². The predicted octanol–water partition coefficient (Wildman–Crippen LogP) is 5.98. The van der Waals surface area contributed by atoms with Gasteiger partial charge in [-0.05, 0) is 78.5 Å². The molecule has 0 spiro atoms. The Bertz CT molecular complexity index is 1290. The van der Waals surface area contributed by atoms with E-state index in [4.69, 9.17) is 19.0 Å². The Balaban J connectivity index is 1.99. The van der Waals surface area contributed by atoms with Crippen LogP contribution in [0.15, 0.2) is 16.7 Å². The molecule has 4 rings (SSSR count). The van der Waals surface area contributed by atoms with Crippen molar-refractivity contribution >= 4 is 23.1 Å². The van der Waals surface area contributed by atoms with E-state index in [-0.39, 0.29) is 12.5 Å². The molecular weight excluding hydrogens is 474 g/mol. The highest BCUT2D eigenvalue weighted by Gasteiger charge is 2.37. The van der Waals surface area contributed by atoms with E-state index in [1.165, 1.54) is 4.57 Å². The standard InChI is InChI=1S/C28H37N3O6/c1-8-10-19(26(33)35-9-2)24(32)20-13-18(22-15(3)30-37-16(22)4)14-21-23(20)29-25(17-11-12-17)31(21)27(34)36-28(5,6)7/h13-14,17,19,24,32H,8-12H2,1-7H3. The SMILES string of the molecule is CCCC(C(=O)OCC)C(O)c1cc(-c2c(C)noc2C)cc2c1nc(C1CC1)n2C(=O)OC(C)(C)C. The van der Waals surface area contributed by atoms with E-state index >= 15 is 0 Å². The largest absolute Gasteiger partial charge is 0.466 e. The molecule has 0 saturated heterocycles. The number of aromatic nitrogens is 3. The van der Waals surface area contributed by atoms with Crippen LogP contribution in [0.3, 0.4) is 0 Å². The Hall–Kier alpha value is -3.20. The van der Waals surface area contributed by atoms with Crippen LogP contribution in [-0.4, -0.2) is 44.1 Å². The van der Waals surface area contributed by atoms with Crippen molar-refractivity contribution in [2.75, 3.05) is 6.61 Å². The summed E-state index contributed by atoms with van der Waals surface area (Å²) >= 11 is 0. The topological polar surface area (TPSA) is 117 Å². The van der Waals surface area contributed by atoms with Crippen molar-refractivity contribution in [1.82, 2.24) is 14.7 Å². The number of rotatable bonds is 8. The van der Waals surface area contributed by atoms with Crippen LogP contribution in [-0.2, 0) is 14.3 Å². The molecule has 200 valence electrons. The van der Waals surface area contributed by atoms with Gasteiger partial charge in [0, 0.05) is 17.0 Å². The molecule has 1 aliphatic carbocycles. The number of esters is 1. The molecule has 1 aliphatic rings. The first kappa shape index (κ1) is 26.9. The van der Waals surface area contributed by atoms with E-state index < -0.39 is 29.7 Å². The summed E-state index contributed by atoms with van der Waals surface area (Å²) in [5.74, 6) is 0.116. The molecule has 1 fully saturated rings. The van der Waals surface area contributed by atoms with Crippen LogP contribution < -0.4 is 0 Å². The van der Waals surface area contributed by atoms with E-state index in [2.05, 4.69) is 5.16 Å². The number of ether oxygens (including phenoxy) is 2. The Kier molecular flexibility index (Phi) is 7.46. The Morgan fingerprint density at radius 1 is 1.22 bits per heavy atom. The summed E-state index contributed by atoms with van der Waals surface area (Å²) in [7, 11) is 0. The van der Waals surface area contributed by atoms with E-state index in [0.29, 0.717) is 52.3 Å². The van der Waals surface area contributed by atoms with Gasteiger partial charge in [-0.3, -0.25) is 4.79 Å². The van der Waals surface area contributed by atoms with Crippen LogP contribution in [0.5, 0.6) is 0 Å². The highest BCUT2D eigenvalue weighted by atomic mass is 16.6. The fraction of sp³-hybridized carbons (Fsp3) is 0.571. The number of benzene rings is 1. The van der Waals surface area contributed by atoms with Crippen molar-refractivity contribution in [2.24, 2.45) is 5.92 Å². The molecule has 1 N–H and O–H groups in total. The number of aliphatic hydroxyl groups is 1. The predicted molar refractivity (Wildman–Crippen MR) is 138 cm³/mol. The first-order valence-corrected chi connectivity index (χ1v) is 13.0. The molecule has 2 atom stereocenters. The lowest BCUT2D eigenvalue weighted by Gasteiger charge is -2.23. The van der Waals surface area contributed by atoms with Crippen molar-refractivity contribution in [3.63, 3.8) is 0 Å². The molecule has 9 nitrogen and oxygen atoms in total. The molecule has 3 aromatic rings. The fourth-order valence-corrected chi connectivity index (χ4v) is 4.78. The zero-order chi connectivity index (χ0) is 27.1. The second-order valence-corrected chi connectivity index (χ2v) is 10.8. The van der Waals surface area contributed by atoms with E-state index in [1.54, 1.807) is 6.92 Å². The number of aliphatic hydroxyl groups excluding tert-OH is 1. The molecule has 0 amide bonds. The van der Waals surface area contributed by atoms with Gasteiger partial charge in [0.1, 0.15) is 17.2 Å². The number of imidazole rings is 1. The smallest absolute Gasteiger partial charge is 0.420 e. The van der Waals surface area contributed by atoms with Crippen LogP contribution >= 0.6 is 0 Å². The van der Waals surface area contributed by atoms with Crippen LogP contribution in [0, 0.1) is 19.8 Å². The molecule has 1 saturated carbocycles. The highest BCUT2D eigenvalue weighted by Crippen LogP contribution is 2.44. The molecule has 2 unspecified atom stereocenters. The Morgan fingerprint density at radius 3 is 2.46 bits per heavy atom. The van der Waals surface area contributed by atoms with Crippen molar-refractivity contribution in [3.05, 3.63) is 35.0 Å². The maximum absolute atomic E-state index is 13.5. The summed E-state index contributed by atoms with van der Waals surface area (Å²) in [6, 6.07) is 3.69. The monoisotopic (exact) mass is 511 g/mol. The third kappa shape index (κ3) is 5.42. The molecule has 1 aromatic carbocycles. The van der Waals surface area contributed by atoms with Crippen molar-refractivity contribution in [3.8, 4) is 11.1 Å². The number of carbonyl (C=O) groups is 2. The summed E-state index contributed by atoms with van der Waals surface area (Å²) in [4.78, 5) is 31.2. The summed E-state index contributed by atoms with van der Waals surface area (Å²) in [5, 5.41) is 15.7. The molecular formula is C28H37N3O6. The highest BCUT2D eigenvalue weighted by molar-refractivity contribution is 5.94. The van der Waals surface area contributed by atoms with Gasteiger partial charge in [0.25, 0.3) is 0 Å². The number of fused-ring (bicyclic) bond motifs is 1. The molecule has 2 aromatic heterocycles. The molecule has 37 heavy (non-hydrogen) atoms. The van der Waals surface area contributed by atoms with Crippen LogP contribution in [0.25, 0.3) is 22.2 Å². The normalized spacial score (nSPS) is 15.6. The molecule has 0 aliphatic heterocycles. The van der Waals surface area contributed by atoms with Crippen molar-refractivity contribution in [2.45, 2.75) is 91.8 Å². The number of aryl methyl sites for hydroxylation is 2. The van der Waals surface area contributed by atoms with Crippen LogP contribution in [0.4, 0.5) is 4.79 Å². The first-order valence-electron chi connectivity index (χ1n) is 13.0. The number of hydrogen-bond acceptors (Lipinski definition) is 8. The molecule has 0 radical (unpaired) electrons. The summed E-state index contributed by atoms with van der Waals surface area (Å²) < 4.78 is 18.0. The Morgan fingerprint density at radius 2 is 1.92 bits per heavy atom.